The summed E-state index contributed by atoms with van der Waals surface area (Å²) in [5.74, 6) is -0.140. The number of methoxy groups -OCH3 is 1. The standard InChI is InChI=1S/C16H24N6O4/c1-6-21-12(3)13(11(2)17-21)9-19(4)15(23)7-8-20-10-14(22(24)25)16(18-20)26-5/h10H,6-9H2,1-5H3. The molecular weight excluding hydrogens is 340 g/mol. The van der Waals surface area contributed by atoms with Gasteiger partial charge in [0.1, 0.15) is 6.20 Å². The van der Waals surface area contributed by atoms with E-state index in [1.807, 2.05) is 25.5 Å². The first kappa shape index (κ1) is 19.4. The Morgan fingerprint density at radius 3 is 2.58 bits per heavy atom. The number of ether oxygens (including phenoxy) is 1. The van der Waals surface area contributed by atoms with Crippen LogP contribution in [0, 0.1) is 24.0 Å². The van der Waals surface area contributed by atoms with Crippen molar-refractivity contribution in [1.82, 2.24) is 24.5 Å². The summed E-state index contributed by atoms with van der Waals surface area (Å²) < 4.78 is 8.15. The van der Waals surface area contributed by atoms with Crippen molar-refractivity contribution in [3.8, 4) is 5.88 Å². The van der Waals surface area contributed by atoms with Crippen molar-refractivity contribution in [2.75, 3.05) is 14.2 Å². The number of aryl methyl sites for hydroxylation is 3. The maximum atomic E-state index is 12.4. The van der Waals surface area contributed by atoms with E-state index in [4.69, 9.17) is 4.74 Å². The van der Waals surface area contributed by atoms with Gasteiger partial charge in [-0.05, 0) is 20.8 Å². The average molecular weight is 364 g/mol. The average Bonchev–Trinajstić information content (AvgIpc) is 3.15. The fraction of sp³-hybridized carbons (Fsp3) is 0.562. The molecule has 0 unspecified atom stereocenters. The highest BCUT2D eigenvalue weighted by atomic mass is 16.6. The van der Waals surface area contributed by atoms with Crippen molar-refractivity contribution in [3.05, 3.63) is 33.3 Å². The Kier molecular flexibility index (Phi) is 5.96. The van der Waals surface area contributed by atoms with Crippen LogP contribution < -0.4 is 4.74 Å². The lowest BCUT2D eigenvalue weighted by Gasteiger charge is -2.17. The van der Waals surface area contributed by atoms with E-state index in [9.17, 15) is 14.9 Å². The van der Waals surface area contributed by atoms with E-state index in [1.165, 1.54) is 18.0 Å². The van der Waals surface area contributed by atoms with E-state index in [0.717, 1.165) is 23.5 Å². The Morgan fingerprint density at radius 1 is 1.38 bits per heavy atom. The molecule has 2 heterocycles. The first-order valence-electron chi connectivity index (χ1n) is 8.31. The summed E-state index contributed by atoms with van der Waals surface area (Å²) in [6.45, 7) is 7.44. The van der Waals surface area contributed by atoms with E-state index in [1.54, 1.807) is 11.9 Å². The maximum absolute atomic E-state index is 12.4. The van der Waals surface area contributed by atoms with Gasteiger partial charge in [0.05, 0.1) is 24.3 Å². The summed E-state index contributed by atoms with van der Waals surface area (Å²) in [6.07, 6.45) is 1.45. The van der Waals surface area contributed by atoms with E-state index >= 15 is 0 Å². The fourth-order valence-electron chi connectivity index (χ4n) is 2.78. The Labute approximate surface area is 151 Å². The number of amides is 1. The molecular formula is C16H24N6O4. The Bertz CT molecular complexity index is 810. The number of carbonyl (C=O) groups is 1. The van der Waals surface area contributed by atoms with Crippen molar-refractivity contribution in [2.24, 2.45) is 0 Å². The van der Waals surface area contributed by atoms with Crippen molar-refractivity contribution in [3.63, 3.8) is 0 Å². The second-order valence-electron chi connectivity index (χ2n) is 6.01. The van der Waals surface area contributed by atoms with Crippen LogP contribution in [0.4, 0.5) is 5.69 Å². The lowest BCUT2D eigenvalue weighted by molar-refractivity contribution is -0.385. The molecule has 0 aliphatic carbocycles. The Balaban J connectivity index is 2.00. The first-order chi connectivity index (χ1) is 12.3. The second kappa shape index (κ2) is 7.98. The number of nitro groups is 1. The van der Waals surface area contributed by atoms with E-state index in [-0.39, 0.29) is 30.4 Å². The van der Waals surface area contributed by atoms with Gasteiger partial charge in [0.15, 0.2) is 0 Å². The number of rotatable bonds is 8. The predicted octanol–water partition coefficient (Wildman–Crippen LogP) is 1.68. The highest BCUT2D eigenvalue weighted by molar-refractivity contribution is 5.75. The zero-order valence-electron chi connectivity index (χ0n) is 15.7. The van der Waals surface area contributed by atoms with Gasteiger partial charge in [0, 0.05) is 37.8 Å². The van der Waals surface area contributed by atoms with Gasteiger partial charge in [-0.3, -0.25) is 24.3 Å². The quantitative estimate of drug-likeness (QED) is 0.521. The van der Waals surface area contributed by atoms with Crippen LogP contribution in [-0.4, -0.2) is 49.4 Å². The lowest BCUT2D eigenvalue weighted by Crippen LogP contribution is -2.27. The topological polar surface area (TPSA) is 108 Å². The smallest absolute Gasteiger partial charge is 0.350 e. The number of hydrogen-bond donors (Lipinski definition) is 0. The fourth-order valence-corrected chi connectivity index (χ4v) is 2.78. The summed E-state index contributed by atoms with van der Waals surface area (Å²) in [6, 6.07) is 0. The molecule has 0 radical (unpaired) electrons. The third-order valence-corrected chi connectivity index (χ3v) is 4.31. The molecule has 2 aromatic heterocycles. The summed E-state index contributed by atoms with van der Waals surface area (Å²) in [4.78, 5) is 24.4. The minimum absolute atomic E-state index is 0.0611. The summed E-state index contributed by atoms with van der Waals surface area (Å²) in [7, 11) is 3.05. The van der Waals surface area contributed by atoms with Gasteiger partial charge in [-0.1, -0.05) is 0 Å². The minimum atomic E-state index is -0.562. The summed E-state index contributed by atoms with van der Waals surface area (Å²) >= 11 is 0. The summed E-state index contributed by atoms with van der Waals surface area (Å²) in [5, 5.41) is 19.4. The van der Waals surface area contributed by atoms with Crippen molar-refractivity contribution < 1.29 is 14.5 Å². The van der Waals surface area contributed by atoms with E-state index < -0.39 is 4.92 Å². The largest absolute Gasteiger partial charge is 0.475 e. The third kappa shape index (κ3) is 4.01. The second-order valence-corrected chi connectivity index (χ2v) is 6.01. The monoisotopic (exact) mass is 364 g/mol. The molecule has 2 aromatic rings. The zero-order valence-corrected chi connectivity index (χ0v) is 15.7. The molecule has 0 saturated heterocycles. The number of aromatic nitrogens is 4. The molecule has 142 valence electrons. The summed E-state index contributed by atoms with van der Waals surface area (Å²) in [5.41, 5.74) is 2.79. The van der Waals surface area contributed by atoms with Crippen LogP contribution in [0.2, 0.25) is 0 Å². The van der Waals surface area contributed by atoms with Gasteiger partial charge in [-0.2, -0.15) is 5.10 Å². The van der Waals surface area contributed by atoms with Crippen molar-refractivity contribution in [2.45, 2.75) is 46.8 Å². The highest BCUT2D eigenvalue weighted by Gasteiger charge is 2.21. The van der Waals surface area contributed by atoms with Gasteiger partial charge >= 0.3 is 11.6 Å². The molecule has 26 heavy (non-hydrogen) atoms. The number of nitrogens with zero attached hydrogens (tertiary/aromatic N) is 6. The minimum Gasteiger partial charge on any atom is -0.475 e. The van der Waals surface area contributed by atoms with Crippen LogP contribution in [-0.2, 0) is 24.4 Å². The van der Waals surface area contributed by atoms with Gasteiger partial charge in [-0.25, -0.2) is 0 Å². The SMILES string of the molecule is CCn1nc(C)c(CN(C)C(=O)CCn2cc([N+](=O)[O-])c(OC)n2)c1C. The lowest BCUT2D eigenvalue weighted by atomic mass is 10.2. The van der Waals surface area contributed by atoms with Gasteiger partial charge in [-0.15, -0.1) is 5.10 Å². The predicted molar refractivity (Wildman–Crippen MR) is 93.9 cm³/mol. The number of hydrogen-bond acceptors (Lipinski definition) is 6. The van der Waals surface area contributed by atoms with Crippen LogP contribution in [0.1, 0.15) is 30.3 Å². The Hall–Kier alpha value is -2.91. The van der Waals surface area contributed by atoms with Crippen LogP contribution >= 0.6 is 0 Å². The van der Waals surface area contributed by atoms with Gasteiger partial charge in [0.2, 0.25) is 5.91 Å². The molecule has 0 spiro atoms. The maximum Gasteiger partial charge on any atom is 0.350 e. The van der Waals surface area contributed by atoms with Crippen LogP contribution in [0.25, 0.3) is 0 Å². The molecule has 0 atom stereocenters. The molecule has 10 nitrogen and oxygen atoms in total. The van der Waals surface area contributed by atoms with Crippen LogP contribution in [0.3, 0.4) is 0 Å². The third-order valence-electron chi connectivity index (χ3n) is 4.31. The van der Waals surface area contributed by atoms with Gasteiger partial charge in [0.25, 0.3) is 0 Å². The number of carbonyl (C=O) groups excluding carboxylic acids is 1. The molecule has 0 aliphatic rings. The molecule has 1 amide bonds. The molecule has 0 aromatic carbocycles. The van der Waals surface area contributed by atoms with Crippen LogP contribution in [0.5, 0.6) is 5.88 Å². The molecule has 0 aliphatic heterocycles. The van der Waals surface area contributed by atoms with Gasteiger partial charge < -0.3 is 9.64 Å². The van der Waals surface area contributed by atoms with E-state index in [2.05, 4.69) is 10.2 Å². The molecule has 10 heteroatoms. The van der Waals surface area contributed by atoms with Crippen molar-refractivity contribution in [1.29, 1.82) is 0 Å². The molecule has 2 rings (SSSR count). The molecule has 0 N–H and O–H groups in total. The normalized spacial score (nSPS) is 10.8. The highest BCUT2D eigenvalue weighted by Crippen LogP contribution is 2.24. The zero-order chi connectivity index (χ0) is 19.4. The van der Waals surface area contributed by atoms with Crippen molar-refractivity contribution >= 4 is 11.6 Å². The molecule has 0 fully saturated rings. The molecule has 0 saturated carbocycles. The molecule has 0 bridgehead atoms. The Morgan fingerprint density at radius 2 is 2.08 bits per heavy atom. The van der Waals surface area contributed by atoms with E-state index in [0.29, 0.717) is 6.54 Å². The van der Waals surface area contributed by atoms with Crippen LogP contribution in [0.15, 0.2) is 6.20 Å². The first-order valence-corrected chi connectivity index (χ1v) is 8.31.